The van der Waals surface area contributed by atoms with Crippen LogP contribution in [0.4, 0.5) is 0 Å². The summed E-state index contributed by atoms with van der Waals surface area (Å²) in [6.07, 6.45) is 0. The van der Waals surface area contributed by atoms with Gasteiger partial charge in [-0.05, 0) is 0 Å². The first-order valence-electron chi connectivity index (χ1n) is 0.516. The molecule has 0 aromatic heterocycles. The van der Waals surface area contributed by atoms with Crippen molar-refractivity contribution in [3.63, 3.8) is 0 Å². The minimum Gasteiger partial charge on any atom is -0.412 e. The van der Waals surface area contributed by atoms with Gasteiger partial charge in [-0.1, -0.05) is 0 Å². The normalized spacial score (nSPS) is 0.571. The molecule has 0 aliphatic rings. The van der Waals surface area contributed by atoms with Gasteiger partial charge in [0.15, 0.2) is 0 Å². The molecule has 0 rings (SSSR count). The maximum atomic E-state index is 6.50. The van der Waals surface area contributed by atoms with Crippen LogP contribution < -0.4 is 0 Å². The molecule has 0 heterocycles. The largest absolute Gasteiger partial charge is 0.412 e. The van der Waals surface area contributed by atoms with Crippen molar-refractivity contribution < 1.29 is 60.8 Å². The Hall–Kier alpha value is 0.810. The fourth-order valence-corrected chi connectivity index (χ4v) is 0. The summed E-state index contributed by atoms with van der Waals surface area (Å²) < 4.78 is 0. The first-order valence-corrected chi connectivity index (χ1v) is 0.516. The molecule has 0 unspecified atom stereocenters. The fraction of sp³-hybridized carbons (Fsp3) is 0. The van der Waals surface area contributed by atoms with Crippen LogP contribution in [0.15, 0.2) is 0 Å². The van der Waals surface area contributed by atoms with Crippen molar-refractivity contribution in [2.75, 3.05) is 0 Å². The van der Waals surface area contributed by atoms with Crippen molar-refractivity contribution in [1.29, 1.82) is 10.5 Å². The molecule has 0 saturated carbocycles. The van der Waals surface area contributed by atoms with E-state index in [2.05, 4.69) is 13.1 Å². The number of rotatable bonds is 0. The Morgan fingerprint density at radius 1 is 0.714 bits per heavy atom. The fourth-order valence-electron chi connectivity index (χ4n) is 0. The summed E-state index contributed by atoms with van der Waals surface area (Å²) >= 11 is 0. The van der Waals surface area contributed by atoms with Crippen LogP contribution in [0.1, 0.15) is 0 Å². The zero-order chi connectivity index (χ0) is 4.00. The van der Waals surface area contributed by atoms with Gasteiger partial charge in [-0.3, -0.25) is 0 Å². The molecule has 2 N–H and O–H groups in total. The van der Waals surface area contributed by atoms with Gasteiger partial charge in [0.05, 0.1) is 0 Å². The van der Waals surface area contributed by atoms with Crippen molar-refractivity contribution in [3.8, 4) is 13.1 Å². The van der Waals surface area contributed by atoms with Gasteiger partial charge in [0, 0.05) is 68.5 Å². The maximum absolute atomic E-state index is 6.50. The van der Waals surface area contributed by atoms with Gasteiger partial charge in [-0.15, -0.1) is 0 Å². The third-order valence-corrected chi connectivity index (χ3v) is 0. The molecule has 0 aromatic rings. The Morgan fingerprint density at radius 3 is 0.714 bits per heavy atom. The predicted octanol–water partition coefficient (Wildman–Crippen LogP) is -0.550. The Morgan fingerprint density at radius 2 is 0.714 bits per heavy atom. The first-order chi connectivity index (χ1) is 2.00. The van der Waals surface area contributed by atoms with Gasteiger partial charge in [0.25, 0.3) is 0 Å². The molecule has 0 spiro atoms. The number of hydrogen-bond donors (Lipinski definition) is 0. The average Bonchev–Trinajstić information content (AvgIpc) is 1.50. The van der Waals surface area contributed by atoms with E-state index in [-0.39, 0.29) is 60.8 Å². The summed E-state index contributed by atoms with van der Waals surface area (Å²) in [5.41, 5.74) is 0. The SMILES string of the molecule is C#N.C#N.O.[Hg].[Hg]. The first kappa shape index (κ1) is 45.9. The predicted molar refractivity (Wildman–Crippen MR) is 17.0 cm³/mol. The quantitative estimate of drug-likeness (QED) is 0.443. The minimum absolute atomic E-state index is 0. The summed E-state index contributed by atoms with van der Waals surface area (Å²) in [4.78, 5) is 0. The van der Waals surface area contributed by atoms with E-state index in [1.165, 1.54) is 0 Å². The van der Waals surface area contributed by atoms with E-state index in [9.17, 15) is 0 Å². The molecule has 0 saturated heterocycles. The minimum atomic E-state index is 0. The van der Waals surface area contributed by atoms with Crippen LogP contribution in [-0.4, -0.2) is 5.48 Å². The monoisotopic (exact) mass is 476 g/mol. The topological polar surface area (TPSA) is 79.1 Å². The third kappa shape index (κ3) is 240. The molecule has 0 atom stereocenters. The summed E-state index contributed by atoms with van der Waals surface area (Å²) in [6, 6.07) is 0. The molecule has 7 heavy (non-hydrogen) atoms. The van der Waals surface area contributed by atoms with Crippen molar-refractivity contribution in [1.82, 2.24) is 0 Å². The molecule has 0 aliphatic carbocycles. The van der Waals surface area contributed by atoms with Crippen LogP contribution in [0.5, 0.6) is 0 Å². The Labute approximate surface area is 83.6 Å². The van der Waals surface area contributed by atoms with Crippen molar-refractivity contribution >= 4 is 0 Å². The van der Waals surface area contributed by atoms with E-state index in [1.807, 2.05) is 0 Å². The molecule has 5 heteroatoms. The van der Waals surface area contributed by atoms with Gasteiger partial charge >= 0.3 is 0 Å². The molecule has 0 bridgehead atoms. The number of nitrogens with zero attached hydrogens (tertiary/aromatic N) is 2. The molecule has 3 nitrogen and oxygen atoms in total. The van der Waals surface area contributed by atoms with E-state index in [0.29, 0.717) is 0 Å². The standard InChI is InChI=1S/2CHN.2Hg.H2O/c2*1-2;;;/h2*1H;;;1H2. The van der Waals surface area contributed by atoms with Crippen LogP contribution in [-0.2, 0) is 55.3 Å². The summed E-state index contributed by atoms with van der Waals surface area (Å²) in [5, 5.41) is 13.0. The van der Waals surface area contributed by atoms with Crippen molar-refractivity contribution in [2.24, 2.45) is 0 Å². The van der Waals surface area contributed by atoms with E-state index in [4.69, 9.17) is 10.5 Å². The van der Waals surface area contributed by atoms with E-state index in [0.717, 1.165) is 0 Å². The second kappa shape index (κ2) is 350. The van der Waals surface area contributed by atoms with Gasteiger partial charge in [0.2, 0.25) is 0 Å². The van der Waals surface area contributed by atoms with Crippen LogP contribution in [0.25, 0.3) is 0 Å². The maximum Gasteiger partial charge on any atom is 0.0462 e. The smallest absolute Gasteiger partial charge is 0.0462 e. The van der Waals surface area contributed by atoms with Gasteiger partial charge in [0.1, 0.15) is 0 Å². The molecule has 0 aliphatic heterocycles. The van der Waals surface area contributed by atoms with Crippen molar-refractivity contribution in [3.05, 3.63) is 0 Å². The number of hydrogen-bond acceptors (Lipinski definition) is 2. The van der Waals surface area contributed by atoms with E-state index < -0.39 is 0 Å². The van der Waals surface area contributed by atoms with Crippen molar-refractivity contribution in [2.45, 2.75) is 0 Å². The van der Waals surface area contributed by atoms with Gasteiger partial charge < -0.3 is 5.48 Å². The van der Waals surface area contributed by atoms with E-state index >= 15 is 0 Å². The average molecular weight is 473 g/mol. The summed E-state index contributed by atoms with van der Waals surface area (Å²) in [6.45, 7) is 7.00. The van der Waals surface area contributed by atoms with Crippen LogP contribution >= 0.6 is 0 Å². The second-order valence-electron chi connectivity index (χ2n) is 0. The van der Waals surface area contributed by atoms with Gasteiger partial charge in [-0.25, -0.2) is 10.5 Å². The molecule has 0 aromatic carbocycles. The Kier molecular flexibility index (Phi) is 2300. The molecule has 0 amide bonds. The molecular weight excluding hydrogens is 469 g/mol. The molecular formula is C2H4Hg2N2O. The molecule has 32 valence electrons. The zero-order valence-electron chi connectivity index (χ0n) is 3.96. The van der Waals surface area contributed by atoms with E-state index in [1.54, 1.807) is 0 Å². The molecule has 0 radical (unpaired) electrons. The summed E-state index contributed by atoms with van der Waals surface area (Å²) in [7, 11) is 0. The van der Waals surface area contributed by atoms with Crippen LogP contribution in [0, 0.1) is 23.7 Å². The summed E-state index contributed by atoms with van der Waals surface area (Å²) in [5.74, 6) is 0. The zero-order valence-corrected chi connectivity index (χ0v) is 15.0. The Bertz CT molecular complexity index is 29.2. The van der Waals surface area contributed by atoms with Crippen LogP contribution in [0.2, 0.25) is 0 Å². The van der Waals surface area contributed by atoms with Gasteiger partial charge in [-0.2, -0.15) is 0 Å². The number of nitriles is 2. The third-order valence-electron chi connectivity index (χ3n) is 0. The second-order valence-corrected chi connectivity index (χ2v) is 0. The van der Waals surface area contributed by atoms with Crippen LogP contribution in [0.3, 0.4) is 0 Å². The molecule has 0 fully saturated rings. The Balaban J connectivity index is -0.00000000267.